The van der Waals surface area contributed by atoms with Crippen LogP contribution in [0, 0.1) is 5.82 Å². The van der Waals surface area contributed by atoms with Crippen molar-refractivity contribution in [3.63, 3.8) is 0 Å². The van der Waals surface area contributed by atoms with Gasteiger partial charge >= 0.3 is 0 Å². The lowest BCUT2D eigenvalue weighted by Crippen LogP contribution is -2.52. The Labute approximate surface area is 186 Å². The van der Waals surface area contributed by atoms with Gasteiger partial charge in [0, 0.05) is 35.7 Å². The molecule has 2 aromatic rings. The number of guanidine groups is 1. The summed E-state index contributed by atoms with van der Waals surface area (Å²) in [6.45, 7) is 4.94. The summed E-state index contributed by atoms with van der Waals surface area (Å²) in [5, 5.41) is 6.99. The molecule has 3 rings (SSSR count). The van der Waals surface area contributed by atoms with Crippen LogP contribution in [0.25, 0.3) is 0 Å². The molecule has 0 bridgehead atoms. The van der Waals surface area contributed by atoms with Gasteiger partial charge in [-0.15, -0.1) is 0 Å². The average molecular weight is 448 g/mol. The standard InChI is InChI=1S/C22H27ClFN5O2/c1-3-31-13-14(2)25-22(27-21(30)16-4-8-17(23)9-5-16)26-20-12-19(28-29-20)15-6-10-18(24)11-7-15/h4-11,14,19-20,28-29H,3,12-13H2,1-2H3,(H2,25,26,27,30)/t14-,19?,20?/m0/s1. The van der Waals surface area contributed by atoms with E-state index in [1.54, 1.807) is 36.4 Å². The van der Waals surface area contributed by atoms with Gasteiger partial charge < -0.3 is 15.4 Å². The Kier molecular flexibility index (Phi) is 8.36. The van der Waals surface area contributed by atoms with Gasteiger partial charge in [-0.2, -0.15) is 4.99 Å². The summed E-state index contributed by atoms with van der Waals surface area (Å²) in [5.74, 6) is -0.325. The predicted molar refractivity (Wildman–Crippen MR) is 119 cm³/mol. The summed E-state index contributed by atoms with van der Waals surface area (Å²) in [7, 11) is 0. The average Bonchev–Trinajstić information content (AvgIpc) is 3.21. The fraction of sp³-hybridized carbons (Fsp3) is 0.364. The number of nitrogens with one attached hydrogen (secondary N) is 4. The topological polar surface area (TPSA) is 86.8 Å². The van der Waals surface area contributed by atoms with Crippen LogP contribution in [-0.4, -0.2) is 37.3 Å². The van der Waals surface area contributed by atoms with Crippen molar-refractivity contribution in [2.75, 3.05) is 13.2 Å². The van der Waals surface area contributed by atoms with E-state index in [1.165, 1.54) is 12.1 Å². The van der Waals surface area contributed by atoms with Gasteiger partial charge in [-0.25, -0.2) is 15.2 Å². The molecule has 1 amide bonds. The van der Waals surface area contributed by atoms with E-state index in [0.717, 1.165) is 5.56 Å². The fourth-order valence-electron chi connectivity index (χ4n) is 3.16. The van der Waals surface area contributed by atoms with Crippen molar-refractivity contribution in [1.82, 2.24) is 21.5 Å². The van der Waals surface area contributed by atoms with Crippen molar-refractivity contribution >= 4 is 23.5 Å². The first-order chi connectivity index (χ1) is 14.9. The molecule has 9 heteroatoms. The van der Waals surface area contributed by atoms with Crippen LogP contribution in [0.4, 0.5) is 4.39 Å². The van der Waals surface area contributed by atoms with E-state index in [0.29, 0.717) is 36.2 Å². The highest BCUT2D eigenvalue weighted by molar-refractivity contribution is 6.30. The van der Waals surface area contributed by atoms with Gasteiger partial charge in [0.25, 0.3) is 5.91 Å². The molecular weight excluding hydrogens is 421 g/mol. The molecule has 0 aliphatic carbocycles. The van der Waals surface area contributed by atoms with E-state index in [4.69, 9.17) is 16.3 Å². The van der Waals surface area contributed by atoms with Crippen LogP contribution in [-0.2, 0) is 4.74 Å². The normalized spacial score (nSPS) is 19.8. The molecule has 0 saturated carbocycles. The Morgan fingerprint density at radius 2 is 1.94 bits per heavy atom. The summed E-state index contributed by atoms with van der Waals surface area (Å²) >= 11 is 5.90. The zero-order valence-corrected chi connectivity index (χ0v) is 18.2. The Hall–Kier alpha value is -2.52. The maximum Gasteiger partial charge on any atom is 0.280 e. The van der Waals surface area contributed by atoms with Crippen molar-refractivity contribution < 1.29 is 13.9 Å². The number of rotatable bonds is 7. The number of hydrogen-bond acceptors (Lipinski definition) is 4. The molecule has 166 valence electrons. The Morgan fingerprint density at radius 3 is 2.61 bits per heavy atom. The smallest absolute Gasteiger partial charge is 0.280 e. The summed E-state index contributed by atoms with van der Waals surface area (Å²) in [6.07, 6.45) is 0.472. The Bertz CT molecular complexity index is 892. The number of benzene rings is 2. The minimum absolute atomic E-state index is 0.00725. The number of carbonyl (C=O) groups is 1. The summed E-state index contributed by atoms with van der Waals surface area (Å²) in [5.41, 5.74) is 7.74. The number of aliphatic imine (C=N–C) groups is 1. The molecule has 1 fully saturated rings. The maximum absolute atomic E-state index is 13.2. The lowest BCUT2D eigenvalue weighted by molar-refractivity contribution is 0.100. The second-order valence-electron chi connectivity index (χ2n) is 7.30. The lowest BCUT2D eigenvalue weighted by Gasteiger charge is -2.21. The van der Waals surface area contributed by atoms with Crippen LogP contribution in [0.15, 0.2) is 53.5 Å². The van der Waals surface area contributed by atoms with E-state index in [9.17, 15) is 9.18 Å². The first-order valence-corrected chi connectivity index (χ1v) is 10.6. The van der Waals surface area contributed by atoms with E-state index in [1.807, 2.05) is 13.8 Å². The molecule has 4 N–H and O–H groups in total. The number of hydrogen-bond donors (Lipinski definition) is 4. The van der Waals surface area contributed by atoms with Crippen LogP contribution in [0.5, 0.6) is 0 Å². The van der Waals surface area contributed by atoms with Gasteiger partial charge in [0.15, 0.2) is 0 Å². The third-order valence-corrected chi connectivity index (χ3v) is 5.00. The fourth-order valence-corrected chi connectivity index (χ4v) is 3.29. The van der Waals surface area contributed by atoms with Gasteiger partial charge in [-0.1, -0.05) is 23.7 Å². The molecule has 1 saturated heterocycles. The number of ether oxygens (including phenoxy) is 1. The quantitative estimate of drug-likeness (QED) is 0.385. The second-order valence-corrected chi connectivity index (χ2v) is 7.74. The minimum atomic E-state index is -0.392. The largest absolute Gasteiger partial charge is 0.380 e. The van der Waals surface area contributed by atoms with E-state index in [2.05, 4.69) is 26.5 Å². The van der Waals surface area contributed by atoms with Crippen LogP contribution in [0.3, 0.4) is 0 Å². The maximum atomic E-state index is 13.2. The highest BCUT2D eigenvalue weighted by Crippen LogP contribution is 2.21. The van der Waals surface area contributed by atoms with Gasteiger partial charge in [0.1, 0.15) is 5.82 Å². The second kappa shape index (κ2) is 11.2. The van der Waals surface area contributed by atoms with E-state index in [-0.39, 0.29) is 24.1 Å². The number of halogens is 2. The van der Waals surface area contributed by atoms with Gasteiger partial charge in [-0.3, -0.25) is 4.79 Å². The number of hydrazine groups is 1. The monoisotopic (exact) mass is 447 g/mol. The molecular formula is C22H27ClFN5O2. The molecule has 2 unspecified atom stereocenters. The number of amides is 1. The SMILES string of the molecule is CCOC[C@H](C)N/C(=N/C(=O)c1ccc(Cl)cc1)NC1CC(c2ccc(F)cc2)NN1. The number of nitrogens with zero attached hydrogens (tertiary/aromatic N) is 1. The first kappa shape index (κ1) is 23.1. The van der Waals surface area contributed by atoms with Crippen LogP contribution >= 0.6 is 11.6 Å². The van der Waals surface area contributed by atoms with Crippen LogP contribution in [0.1, 0.15) is 42.2 Å². The van der Waals surface area contributed by atoms with E-state index >= 15 is 0 Å². The third kappa shape index (κ3) is 7.00. The predicted octanol–water partition coefficient (Wildman–Crippen LogP) is 3.14. The number of carbonyl (C=O) groups excluding carboxylic acids is 1. The Balaban J connectivity index is 1.69. The molecule has 0 spiro atoms. The summed E-state index contributed by atoms with van der Waals surface area (Å²) < 4.78 is 18.6. The van der Waals surface area contributed by atoms with Gasteiger partial charge in [0.2, 0.25) is 5.96 Å². The summed E-state index contributed by atoms with van der Waals surface area (Å²) in [6, 6.07) is 12.9. The zero-order valence-electron chi connectivity index (χ0n) is 17.5. The van der Waals surface area contributed by atoms with Crippen molar-refractivity contribution in [3.05, 3.63) is 70.5 Å². The molecule has 0 radical (unpaired) electrons. The molecule has 1 aliphatic rings. The molecule has 7 nitrogen and oxygen atoms in total. The Morgan fingerprint density at radius 1 is 1.23 bits per heavy atom. The zero-order chi connectivity index (χ0) is 22.2. The molecule has 31 heavy (non-hydrogen) atoms. The van der Waals surface area contributed by atoms with Gasteiger partial charge in [-0.05, 0) is 55.8 Å². The third-order valence-electron chi connectivity index (χ3n) is 4.75. The van der Waals surface area contributed by atoms with Crippen molar-refractivity contribution in [1.29, 1.82) is 0 Å². The van der Waals surface area contributed by atoms with Crippen molar-refractivity contribution in [3.8, 4) is 0 Å². The molecule has 2 aromatic carbocycles. The molecule has 3 atom stereocenters. The van der Waals surface area contributed by atoms with Crippen molar-refractivity contribution in [2.24, 2.45) is 4.99 Å². The lowest BCUT2D eigenvalue weighted by atomic mass is 10.0. The van der Waals surface area contributed by atoms with Crippen LogP contribution < -0.4 is 21.5 Å². The molecule has 0 aromatic heterocycles. The van der Waals surface area contributed by atoms with Gasteiger partial charge in [0.05, 0.1) is 12.8 Å². The molecule has 1 heterocycles. The van der Waals surface area contributed by atoms with Crippen LogP contribution in [0.2, 0.25) is 5.02 Å². The highest BCUT2D eigenvalue weighted by atomic mass is 35.5. The highest BCUT2D eigenvalue weighted by Gasteiger charge is 2.26. The first-order valence-electron chi connectivity index (χ1n) is 10.2. The van der Waals surface area contributed by atoms with Crippen molar-refractivity contribution in [2.45, 2.75) is 38.5 Å². The molecule has 1 aliphatic heterocycles. The minimum Gasteiger partial charge on any atom is -0.380 e. The van der Waals surface area contributed by atoms with E-state index < -0.39 is 5.91 Å². The summed E-state index contributed by atoms with van der Waals surface area (Å²) in [4.78, 5) is 16.9.